The zero-order valence-corrected chi connectivity index (χ0v) is 15.9. The number of pyridine rings is 1. The highest BCUT2D eigenvalue weighted by Crippen LogP contribution is 2.30. The molecule has 5 nitrogen and oxygen atoms in total. The van der Waals surface area contributed by atoms with Gasteiger partial charge in [0.15, 0.2) is 5.82 Å². The molecular weight excluding hydrogens is 358 g/mol. The standard InChI is InChI=1S/C21H19N3O2S/c1-13(2)11-24-12-18(14-6-4-3-5-7-14)17-10-15(8-9-16(17)20(24)25)19-22-21(26)27-23-19/h3-10,12-13H,11H2,1-2H3,(H,22,23,26). The molecule has 136 valence electrons. The van der Waals surface area contributed by atoms with Crippen LogP contribution < -0.4 is 10.4 Å². The van der Waals surface area contributed by atoms with Gasteiger partial charge in [-0.3, -0.25) is 14.6 Å². The predicted octanol–water partition coefficient (Wildman–Crippen LogP) is 4.14. The van der Waals surface area contributed by atoms with Crippen LogP contribution in [0, 0.1) is 5.92 Å². The van der Waals surface area contributed by atoms with E-state index >= 15 is 0 Å². The Morgan fingerprint density at radius 2 is 1.81 bits per heavy atom. The number of H-pyrrole nitrogens is 1. The number of nitrogens with one attached hydrogen (secondary N) is 1. The maximum atomic E-state index is 13.0. The fourth-order valence-electron chi connectivity index (χ4n) is 3.27. The van der Waals surface area contributed by atoms with Crippen molar-refractivity contribution in [3.05, 3.63) is 74.7 Å². The lowest BCUT2D eigenvalue weighted by atomic mass is 9.98. The minimum absolute atomic E-state index is 0.00305. The van der Waals surface area contributed by atoms with Gasteiger partial charge in [0, 0.05) is 40.8 Å². The van der Waals surface area contributed by atoms with Gasteiger partial charge in [0.05, 0.1) is 0 Å². The summed E-state index contributed by atoms with van der Waals surface area (Å²) in [5.74, 6) is 0.889. The van der Waals surface area contributed by atoms with Crippen molar-refractivity contribution < 1.29 is 0 Å². The molecule has 0 saturated carbocycles. The van der Waals surface area contributed by atoms with Gasteiger partial charge in [-0.1, -0.05) is 50.2 Å². The summed E-state index contributed by atoms with van der Waals surface area (Å²) in [6.45, 7) is 4.86. The van der Waals surface area contributed by atoms with E-state index in [0.29, 0.717) is 23.7 Å². The molecule has 0 aliphatic heterocycles. The second-order valence-electron chi connectivity index (χ2n) is 6.96. The lowest BCUT2D eigenvalue weighted by Gasteiger charge is -2.15. The van der Waals surface area contributed by atoms with E-state index in [1.165, 1.54) is 0 Å². The largest absolute Gasteiger partial charge is 0.323 e. The molecule has 2 aromatic heterocycles. The van der Waals surface area contributed by atoms with Gasteiger partial charge in [0.1, 0.15) is 0 Å². The number of hydrogen-bond donors (Lipinski definition) is 1. The van der Waals surface area contributed by atoms with Crippen LogP contribution in [0.1, 0.15) is 13.8 Å². The SMILES string of the molecule is CC(C)Cn1cc(-c2ccccc2)c2cc(-c3nsc(=O)[nH]3)ccc2c1=O. The minimum Gasteiger partial charge on any atom is -0.314 e. The van der Waals surface area contributed by atoms with Crippen LogP contribution in [-0.4, -0.2) is 13.9 Å². The molecule has 0 aliphatic carbocycles. The molecule has 0 radical (unpaired) electrons. The Kier molecular flexibility index (Phi) is 4.49. The predicted molar refractivity (Wildman–Crippen MR) is 110 cm³/mol. The van der Waals surface area contributed by atoms with Gasteiger partial charge in [0.25, 0.3) is 5.56 Å². The maximum Gasteiger partial charge on any atom is 0.323 e. The van der Waals surface area contributed by atoms with Crippen LogP contribution in [0.25, 0.3) is 33.3 Å². The lowest BCUT2D eigenvalue weighted by Crippen LogP contribution is -2.22. The summed E-state index contributed by atoms with van der Waals surface area (Å²) in [6, 6.07) is 15.6. The average Bonchev–Trinajstić information content (AvgIpc) is 3.10. The highest BCUT2D eigenvalue weighted by molar-refractivity contribution is 7.03. The molecule has 2 aromatic carbocycles. The monoisotopic (exact) mass is 377 g/mol. The van der Waals surface area contributed by atoms with E-state index in [1.807, 2.05) is 54.7 Å². The quantitative estimate of drug-likeness (QED) is 0.581. The fourth-order valence-corrected chi connectivity index (χ4v) is 3.74. The Balaban J connectivity index is 2.02. The number of hydrogen-bond acceptors (Lipinski definition) is 4. The molecule has 0 aliphatic rings. The molecule has 6 heteroatoms. The molecule has 0 fully saturated rings. The molecular formula is C21H19N3O2S. The Hall–Kier alpha value is -2.99. The smallest absolute Gasteiger partial charge is 0.314 e. The fraction of sp³-hybridized carbons (Fsp3) is 0.190. The van der Waals surface area contributed by atoms with E-state index in [0.717, 1.165) is 33.6 Å². The number of aromatic amines is 1. The van der Waals surface area contributed by atoms with Crippen molar-refractivity contribution in [2.24, 2.45) is 5.92 Å². The third kappa shape index (κ3) is 3.36. The second kappa shape index (κ2) is 6.96. The van der Waals surface area contributed by atoms with Crippen LogP contribution in [0.15, 0.2) is 64.3 Å². The molecule has 0 spiro atoms. The first-order valence-corrected chi connectivity index (χ1v) is 9.59. The summed E-state index contributed by atoms with van der Waals surface area (Å²) in [6.07, 6.45) is 1.94. The van der Waals surface area contributed by atoms with Crippen LogP contribution in [-0.2, 0) is 6.54 Å². The van der Waals surface area contributed by atoms with Crippen LogP contribution in [0.4, 0.5) is 0 Å². The lowest BCUT2D eigenvalue weighted by molar-refractivity contribution is 0.514. The summed E-state index contributed by atoms with van der Waals surface area (Å²) >= 11 is 0.891. The first kappa shape index (κ1) is 17.4. The normalized spacial score (nSPS) is 11.4. The molecule has 0 amide bonds. The van der Waals surface area contributed by atoms with E-state index in [9.17, 15) is 9.59 Å². The molecule has 0 bridgehead atoms. The van der Waals surface area contributed by atoms with Gasteiger partial charge in [0.2, 0.25) is 0 Å². The molecule has 4 aromatic rings. The second-order valence-corrected chi connectivity index (χ2v) is 7.70. The van der Waals surface area contributed by atoms with E-state index in [-0.39, 0.29) is 10.4 Å². The van der Waals surface area contributed by atoms with Crippen LogP contribution in [0.5, 0.6) is 0 Å². The van der Waals surface area contributed by atoms with Crippen LogP contribution >= 0.6 is 11.5 Å². The zero-order chi connectivity index (χ0) is 19.0. The number of nitrogens with zero attached hydrogens (tertiary/aromatic N) is 2. The van der Waals surface area contributed by atoms with Gasteiger partial charge < -0.3 is 4.57 Å². The van der Waals surface area contributed by atoms with Crippen molar-refractivity contribution in [1.29, 1.82) is 0 Å². The molecule has 2 heterocycles. The first-order valence-electron chi connectivity index (χ1n) is 8.82. The third-order valence-electron chi connectivity index (χ3n) is 4.45. The van der Waals surface area contributed by atoms with Crippen molar-refractivity contribution in [3.8, 4) is 22.5 Å². The van der Waals surface area contributed by atoms with Crippen LogP contribution in [0.3, 0.4) is 0 Å². The average molecular weight is 377 g/mol. The van der Waals surface area contributed by atoms with Crippen molar-refractivity contribution in [2.75, 3.05) is 0 Å². The molecule has 0 saturated heterocycles. The van der Waals surface area contributed by atoms with E-state index in [1.54, 1.807) is 4.57 Å². The van der Waals surface area contributed by atoms with E-state index in [2.05, 4.69) is 23.2 Å². The van der Waals surface area contributed by atoms with Crippen molar-refractivity contribution in [2.45, 2.75) is 20.4 Å². The van der Waals surface area contributed by atoms with Gasteiger partial charge in [-0.05, 0) is 29.0 Å². The number of fused-ring (bicyclic) bond motifs is 1. The summed E-state index contributed by atoms with van der Waals surface area (Å²) in [7, 11) is 0. The highest BCUT2D eigenvalue weighted by Gasteiger charge is 2.13. The zero-order valence-electron chi connectivity index (χ0n) is 15.1. The van der Waals surface area contributed by atoms with Gasteiger partial charge in [-0.2, -0.15) is 4.37 Å². The Labute approximate surface area is 160 Å². The molecule has 27 heavy (non-hydrogen) atoms. The highest BCUT2D eigenvalue weighted by atomic mass is 32.1. The Morgan fingerprint density at radius 3 is 2.48 bits per heavy atom. The molecule has 0 atom stereocenters. The number of benzene rings is 2. The minimum atomic E-state index is -0.194. The number of aromatic nitrogens is 3. The van der Waals surface area contributed by atoms with Crippen LogP contribution in [0.2, 0.25) is 0 Å². The summed E-state index contributed by atoms with van der Waals surface area (Å²) < 4.78 is 5.96. The molecule has 0 unspecified atom stereocenters. The van der Waals surface area contributed by atoms with E-state index < -0.39 is 0 Å². The molecule has 1 N–H and O–H groups in total. The van der Waals surface area contributed by atoms with E-state index in [4.69, 9.17) is 0 Å². The molecule has 4 rings (SSSR count). The number of rotatable bonds is 4. The van der Waals surface area contributed by atoms with Gasteiger partial charge in [-0.25, -0.2) is 0 Å². The van der Waals surface area contributed by atoms with Crippen molar-refractivity contribution in [3.63, 3.8) is 0 Å². The topological polar surface area (TPSA) is 67.8 Å². The Morgan fingerprint density at radius 1 is 1.04 bits per heavy atom. The summed E-state index contributed by atoms with van der Waals surface area (Å²) in [5, 5.41) is 1.52. The van der Waals surface area contributed by atoms with Crippen molar-refractivity contribution in [1.82, 2.24) is 13.9 Å². The van der Waals surface area contributed by atoms with Crippen molar-refractivity contribution >= 4 is 22.3 Å². The maximum absolute atomic E-state index is 13.0. The third-order valence-corrected chi connectivity index (χ3v) is 4.99. The Bertz CT molecular complexity index is 1220. The first-order chi connectivity index (χ1) is 13.0. The summed E-state index contributed by atoms with van der Waals surface area (Å²) in [5.41, 5.74) is 2.82. The summed E-state index contributed by atoms with van der Waals surface area (Å²) in [4.78, 5) is 27.0. The van der Waals surface area contributed by atoms with Gasteiger partial charge in [-0.15, -0.1) is 0 Å². The van der Waals surface area contributed by atoms with Gasteiger partial charge >= 0.3 is 4.87 Å².